The first-order valence-electron chi connectivity index (χ1n) is 6.50. The molecule has 1 unspecified atom stereocenters. The predicted molar refractivity (Wildman–Crippen MR) is 69.3 cm³/mol. The first kappa shape index (κ1) is 15.0. The Labute approximate surface area is 109 Å². The fraction of sp³-hybridized carbons (Fsp3) is 0.846. The van der Waals surface area contributed by atoms with Crippen LogP contribution in [0.15, 0.2) is 0 Å². The Bertz CT molecular complexity index is 333. The van der Waals surface area contributed by atoms with Gasteiger partial charge in [-0.1, -0.05) is 13.3 Å². The molecule has 1 saturated heterocycles. The van der Waals surface area contributed by atoms with Crippen LogP contribution in [0.25, 0.3) is 0 Å². The van der Waals surface area contributed by atoms with E-state index in [1.54, 1.807) is 20.9 Å². The third-order valence-corrected chi connectivity index (χ3v) is 4.09. The number of nitrogens with one attached hydrogen (secondary N) is 1. The number of aliphatic carboxylic acids is 1. The number of rotatable bonds is 5. The zero-order valence-corrected chi connectivity index (χ0v) is 11.7. The normalized spacial score (nSPS) is 24.0. The third kappa shape index (κ3) is 2.51. The van der Waals surface area contributed by atoms with Gasteiger partial charge in [-0.05, 0) is 33.2 Å². The molecule has 2 N–H and O–H groups in total. The van der Waals surface area contributed by atoms with Gasteiger partial charge in [0.1, 0.15) is 5.54 Å². The highest BCUT2D eigenvalue weighted by Gasteiger charge is 2.46. The molecular formula is C13H24N2O3. The van der Waals surface area contributed by atoms with Crippen LogP contribution >= 0.6 is 0 Å². The number of carboxylic acid groups (broad SMARTS) is 1. The highest BCUT2D eigenvalue weighted by atomic mass is 16.4. The minimum atomic E-state index is -1.17. The van der Waals surface area contributed by atoms with Crippen molar-refractivity contribution in [3.63, 3.8) is 0 Å². The maximum atomic E-state index is 12.6. The SMILES string of the molecule is CCCC1(C(=O)N(C)C(C)(C)C(=O)O)CCNC1. The second-order valence-corrected chi connectivity index (χ2v) is 5.69. The molecule has 5 heteroatoms. The van der Waals surface area contributed by atoms with Crippen LogP contribution in [0.1, 0.15) is 40.0 Å². The van der Waals surface area contributed by atoms with Gasteiger partial charge in [-0.15, -0.1) is 0 Å². The average Bonchev–Trinajstić information content (AvgIpc) is 2.77. The van der Waals surface area contributed by atoms with Gasteiger partial charge in [-0.2, -0.15) is 0 Å². The lowest BCUT2D eigenvalue weighted by atomic mass is 9.80. The standard InChI is InChI=1S/C13H24N2O3/c1-5-6-13(7-8-14-9-13)10(16)15(4)12(2,3)11(17)18/h14H,5-9H2,1-4H3,(H,17,18). The van der Waals surface area contributed by atoms with E-state index in [9.17, 15) is 14.7 Å². The average molecular weight is 256 g/mol. The van der Waals surface area contributed by atoms with Crippen molar-refractivity contribution in [2.24, 2.45) is 5.41 Å². The zero-order valence-electron chi connectivity index (χ0n) is 11.7. The molecule has 5 nitrogen and oxygen atoms in total. The Morgan fingerprint density at radius 3 is 2.44 bits per heavy atom. The lowest BCUT2D eigenvalue weighted by Gasteiger charge is -2.38. The molecule has 104 valence electrons. The molecule has 1 atom stereocenters. The van der Waals surface area contributed by atoms with Crippen molar-refractivity contribution in [2.75, 3.05) is 20.1 Å². The predicted octanol–water partition coefficient (Wildman–Crippen LogP) is 1.09. The van der Waals surface area contributed by atoms with Gasteiger partial charge >= 0.3 is 5.97 Å². The van der Waals surface area contributed by atoms with Crippen LogP contribution in [-0.2, 0) is 9.59 Å². The summed E-state index contributed by atoms with van der Waals surface area (Å²) < 4.78 is 0. The van der Waals surface area contributed by atoms with E-state index in [2.05, 4.69) is 12.2 Å². The van der Waals surface area contributed by atoms with Gasteiger partial charge in [0.25, 0.3) is 0 Å². The first-order valence-corrected chi connectivity index (χ1v) is 6.50. The number of hydrogen-bond donors (Lipinski definition) is 2. The van der Waals surface area contributed by atoms with Crippen molar-refractivity contribution in [2.45, 2.75) is 45.6 Å². The van der Waals surface area contributed by atoms with Crippen molar-refractivity contribution in [3.05, 3.63) is 0 Å². The van der Waals surface area contributed by atoms with Gasteiger partial charge in [-0.25, -0.2) is 4.79 Å². The molecule has 0 spiro atoms. The Morgan fingerprint density at radius 2 is 2.06 bits per heavy atom. The summed E-state index contributed by atoms with van der Waals surface area (Å²) in [6, 6.07) is 0. The van der Waals surface area contributed by atoms with Gasteiger partial charge in [0.05, 0.1) is 5.41 Å². The van der Waals surface area contributed by atoms with Gasteiger partial charge in [-0.3, -0.25) is 4.79 Å². The topological polar surface area (TPSA) is 69.6 Å². The van der Waals surface area contributed by atoms with E-state index in [0.717, 1.165) is 25.8 Å². The number of carboxylic acids is 1. The minimum absolute atomic E-state index is 0.0539. The lowest BCUT2D eigenvalue weighted by Crippen LogP contribution is -2.56. The number of carbonyl (C=O) groups is 2. The molecule has 0 saturated carbocycles. The van der Waals surface area contributed by atoms with Crippen molar-refractivity contribution < 1.29 is 14.7 Å². The van der Waals surface area contributed by atoms with Crippen LogP contribution in [0.5, 0.6) is 0 Å². The quantitative estimate of drug-likeness (QED) is 0.772. The highest BCUT2D eigenvalue weighted by molar-refractivity contribution is 5.89. The van der Waals surface area contributed by atoms with Gasteiger partial charge < -0.3 is 15.3 Å². The minimum Gasteiger partial charge on any atom is -0.480 e. The van der Waals surface area contributed by atoms with Crippen molar-refractivity contribution >= 4 is 11.9 Å². The molecule has 0 aromatic rings. The highest BCUT2D eigenvalue weighted by Crippen LogP contribution is 2.34. The Morgan fingerprint density at radius 1 is 1.44 bits per heavy atom. The molecule has 0 bridgehead atoms. The van der Waals surface area contributed by atoms with E-state index in [1.807, 2.05) is 0 Å². The summed E-state index contributed by atoms with van der Waals surface area (Å²) in [5.41, 5.74) is -1.59. The summed E-state index contributed by atoms with van der Waals surface area (Å²) in [5.74, 6) is -1.03. The summed E-state index contributed by atoms with van der Waals surface area (Å²) in [6.07, 6.45) is 2.52. The van der Waals surface area contributed by atoms with Crippen molar-refractivity contribution in [3.8, 4) is 0 Å². The zero-order chi connectivity index (χ0) is 14.0. The number of likely N-dealkylation sites (N-methyl/N-ethyl adjacent to an activating group) is 1. The van der Waals surface area contributed by atoms with Gasteiger partial charge in [0, 0.05) is 13.6 Å². The van der Waals surface area contributed by atoms with Crippen LogP contribution in [0.2, 0.25) is 0 Å². The Hall–Kier alpha value is -1.10. The summed E-state index contributed by atoms with van der Waals surface area (Å²) in [4.78, 5) is 25.3. The Kier molecular flexibility index (Phi) is 4.37. The van der Waals surface area contributed by atoms with Crippen LogP contribution in [0, 0.1) is 5.41 Å². The number of amides is 1. The summed E-state index contributed by atoms with van der Waals surface area (Å²) >= 11 is 0. The molecule has 1 aliphatic heterocycles. The maximum absolute atomic E-state index is 12.6. The third-order valence-electron chi connectivity index (χ3n) is 4.09. The second kappa shape index (κ2) is 5.26. The summed E-state index contributed by atoms with van der Waals surface area (Å²) in [7, 11) is 1.59. The van der Waals surface area contributed by atoms with Crippen LogP contribution in [0.4, 0.5) is 0 Å². The molecular weight excluding hydrogens is 232 g/mol. The van der Waals surface area contributed by atoms with E-state index in [1.165, 1.54) is 4.90 Å². The second-order valence-electron chi connectivity index (χ2n) is 5.69. The van der Waals surface area contributed by atoms with Crippen LogP contribution in [-0.4, -0.2) is 47.6 Å². The van der Waals surface area contributed by atoms with Crippen molar-refractivity contribution in [1.82, 2.24) is 10.2 Å². The molecule has 1 aliphatic rings. The van der Waals surface area contributed by atoms with Gasteiger partial charge in [0.15, 0.2) is 0 Å². The smallest absolute Gasteiger partial charge is 0.329 e. The molecule has 0 aromatic heterocycles. The fourth-order valence-corrected chi connectivity index (χ4v) is 2.48. The largest absolute Gasteiger partial charge is 0.480 e. The van der Waals surface area contributed by atoms with Crippen LogP contribution in [0.3, 0.4) is 0 Å². The number of nitrogens with zero attached hydrogens (tertiary/aromatic N) is 1. The molecule has 0 aromatic carbocycles. The maximum Gasteiger partial charge on any atom is 0.329 e. The van der Waals surface area contributed by atoms with E-state index in [4.69, 9.17) is 0 Å². The van der Waals surface area contributed by atoms with E-state index < -0.39 is 16.9 Å². The first-order chi connectivity index (χ1) is 8.28. The molecule has 1 rings (SSSR count). The van der Waals surface area contributed by atoms with Crippen molar-refractivity contribution in [1.29, 1.82) is 0 Å². The molecule has 18 heavy (non-hydrogen) atoms. The summed E-state index contributed by atoms with van der Waals surface area (Å²) in [6.45, 7) is 6.66. The Balaban J connectivity index is 2.94. The number of carbonyl (C=O) groups excluding carboxylic acids is 1. The van der Waals surface area contributed by atoms with Crippen LogP contribution < -0.4 is 5.32 Å². The molecule has 0 radical (unpaired) electrons. The van der Waals surface area contributed by atoms with Gasteiger partial charge in [0.2, 0.25) is 5.91 Å². The molecule has 1 fully saturated rings. The number of hydrogen-bond acceptors (Lipinski definition) is 3. The molecule has 0 aliphatic carbocycles. The van der Waals surface area contributed by atoms with E-state index in [-0.39, 0.29) is 5.91 Å². The van der Waals surface area contributed by atoms with E-state index in [0.29, 0.717) is 6.54 Å². The molecule has 1 heterocycles. The molecule has 1 amide bonds. The summed E-state index contributed by atoms with van der Waals surface area (Å²) in [5, 5.41) is 12.4. The lowest BCUT2D eigenvalue weighted by molar-refractivity contribution is -0.159. The monoisotopic (exact) mass is 256 g/mol. The fourth-order valence-electron chi connectivity index (χ4n) is 2.48. The van der Waals surface area contributed by atoms with E-state index >= 15 is 0 Å².